The molecule has 4 rings (SSSR count). The van der Waals surface area contributed by atoms with Crippen LogP contribution in [0.4, 0.5) is 17.1 Å². The number of hydrogen-bond donors (Lipinski definition) is 2. The van der Waals surface area contributed by atoms with Crippen LogP contribution in [-0.2, 0) is 9.59 Å². The summed E-state index contributed by atoms with van der Waals surface area (Å²) in [6, 6.07) is 11.2. The number of aryl methyl sites for hydroxylation is 1. The van der Waals surface area contributed by atoms with Gasteiger partial charge < -0.3 is 10.6 Å². The molecule has 2 aromatic carbocycles. The fourth-order valence-corrected chi connectivity index (χ4v) is 4.66. The number of benzene rings is 2. The average Bonchev–Trinajstić information content (AvgIpc) is 3.04. The van der Waals surface area contributed by atoms with E-state index in [0.717, 1.165) is 31.2 Å². The van der Waals surface area contributed by atoms with Gasteiger partial charge in [0.05, 0.1) is 22.3 Å². The van der Waals surface area contributed by atoms with Crippen molar-refractivity contribution in [1.29, 1.82) is 0 Å². The third-order valence-corrected chi connectivity index (χ3v) is 6.32. The Morgan fingerprint density at radius 1 is 1.09 bits per heavy atom. The molecule has 0 radical (unpaired) electrons. The second-order valence-corrected chi connectivity index (χ2v) is 8.56. The van der Waals surface area contributed by atoms with Gasteiger partial charge in [0.25, 0.3) is 11.6 Å². The molecule has 1 aliphatic heterocycles. The second kappa shape index (κ2) is 9.40. The first-order chi connectivity index (χ1) is 15.8. The number of nitrogens with one attached hydrogen (secondary N) is 2. The van der Waals surface area contributed by atoms with Crippen LogP contribution in [0.1, 0.15) is 41.6 Å². The van der Waals surface area contributed by atoms with Gasteiger partial charge in [-0.1, -0.05) is 25.0 Å². The van der Waals surface area contributed by atoms with Gasteiger partial charge in [-0.25, -0.2) is 0 Å². The van der Waals surface area contributed by atoms with Crippen molar-refractivity contribution < 1.29 is 19.3 Å². The zero-order valence-corrected chi connectivity index (χ0v) is 18.4. The number of carbonyl (C=O) groups excluding carboxylic acids is 3. The lowest BCUT2D eigenvalue weighted by atomic mass is 9.81. The zero-order valence-electron chi connectivity index (χ0n) is 18.4. The molecule has 2 aromatic rings. The maximum absolute atomic E-state index is 12.9. The Morgan fingerprint density at radius 3 is 2.42 bits per heavy atom. The molecule has 0 unspecified atom stereocenters. The van der Waals surface area contributed by atoms with Gasteiger partial charge in [-0.05, 0) is 43.5 Å². The number of non-ortho nitro benzene ring substituents is 1. The summed E-state index contributed by atoms with van der Waals surface area (Å²) in [5.74, 6) is -1.14. The normalized spacial score (nSPS) is 19.8. The van der Waals surface area contributed by atoms with Crippen LogP contribution in [0.25, 0.3) is 0 Å². The Labute approximate surface area is 191 Å². The molecule has 1 aliphatic carbocycles. The topological polar surface area (TPSA) is 122 Å². The van der Waals surface area contributed by atoms with E-state index < -0.39 is 10.8 Å². The highest BCUT2D eigenvalue weighted by atomic mass is 16.6. The van der Waals surface area contributed by atoms with Crippen LogP contribution in [0, 0.1) is 28.9 Å². The van der Waals surface area contributed by atoms with Crippen molar-refractivity contribution in [2.24, 2.45) is 11.8 Å². The largest absolute Gasteiger partial charge is 0.383 e. The third kappa shape index (κ3) is 4.72. The number of nitrogens with zero attached hydrogens (tertiary/aromatic N) is 2. The van der Waals surface area contributed by atoms with Crippen molar-refractivity contribution in [2.45, 2.75) is 32.6 Å². The lowest BCUT2D eigenvalue weighted by molar-refractivity contribution is -0.384. The molecule has 1 saturated heterocycles. The number of imide groups is 1. The Morgan fingerprint density at radius 2 is 1.79 bits per heavy atom. The predicted molar refractivity (Wildman–Crippen MR) is 123 cm³/mol. The summed E-state index contributed by atoms with van der Waals surface area (Å²) in [5, 5.41) is 17.1. The molecule has 2 atom stereocenters. The fraction of sp³-hybridized carbons (Fsp3) is 0.375. The molecule has 33 heavy (non-hydrogen) atoms. The van der Waals surface area contributed by atoms with E-state index in [9.17, 15) is 24.5 Å². The highest BCUT2D eigenvalue weighted by Gasteiger charge is 2.47. The number of hydrogen-bond acceptors (Lipinski definition) is 6. The number of fused-ring (bicyclic) bond motifs is 1. The van der Waals surface area contributed by atoms with Crippen LogP contribution in [0.15, 0.2) is 42.5 Å². The first-order valence-electron chi connectivity index (χ1n) is 11.1. The van der Waals surface area contributed by atoms with E-state index in [2.05, 4.69) is 10.6 Å². The summed E-state index contributed by atoms with van der Waals surface area (Å²) in [4.78, 5) is 50.2. The number of likely N-dealkylation sites (tertiary alicyclic amines) is 1. The highest BCUT2D eigenvalue weighted by Crippen LogP contribution is 2.37. The number of nitro benzene ring substituents is 1. The summed E-state index contributed by atoms with van der Waals surface area (Å²) in [6.07, 6.45) is 3.44. The maximum atomic E-state index is 12.9. The van der Waals surface area contributed by atoms with Crippen LogP contribution in [0.3, 0.4) is 0 Å². The third-order valence-electron chi connectivity index (χ3n) is 6.32. The van der Waals surface area contributed by atoms with E-state index in [1.807, 2.05) is 13.0 Å². The number of amides is 3. The predicted octanol–water partition coefficient (Wildman–Crippen LogP) is 3.74. The van der Waals surface area contributed by atoms with Crippen molar-refractivity contribution in [2.75, 3.05) is 23.7 Å². The van der Waals surface area contributed by atoms with Crippen molar-refractivity contribution in [3.05, 3.63) is 63.7 Å². The molecule has 1 saturated carbocycles. The van der Waals surface area contributed by atoms with Crippen molar-refractivity contribution in [3.63, 3.8) is 0 Å². The first kappa shape index (κ1) is 22.4. The Balaban J connectivity index is 1.48. The van der Waals surface area contributed by atoms with E-state index in [0.29, 0.717) is 11.4 Å². The summed E-state index contributed by atoms with van der Waals surface area (Å²) < 4.78 is 0. The second-order valence-electron chi connectivity index (χ2n) is 8.56. The van der Waals surface area contributed by atoms with Gasteiger partial charge in [0, 0.05) is 36.6 Å². The van der Waals surface area contributed by atoms with Crippen LogP contribution < -0.4 is 10.6 Å². The fourth-order valence-electron chi connectivity index (χ4n) is 4.66. The molecule has 0 bridgehead atoms. The van der Waals surface area contributed by atoms with Crippen LogP contribution in [0.2, 0.25) is 0 Å². The van der Waals surface area contributed by atoms with Crippen molar-refractivity contribution in [3.8, 4) is 0 Å². The van der Waals surface area contributed by atoms with E-state index in [-0.39, 0.29) is 48.0 Å². The van der Waals surface area contributed by atoms with Crippen LogP contribution in [-0.4, -0.2) is 40.6 Å². The maximum Gasteiger partial charge on any atom is 0.270 e. The molecular weight excluding hydrogens is 424 g/mol. The Hall–Kier alpha value is -3.75. The smallest absolute Gasteiger partial charge is 0.270 e. The minimum atomic E-state index is -0.559. The molecule has 172 valence electrons. The lowest BCUT2D eigenvalue weighted by Crippen LogP contribution is -2.35. The minimum absolute atomic E-state index is 0.110. The number of anilines is 2. The van der Waals surface area contributed by atoms with Crippen LogP contribution in [0.5, 0.6) is 0 Å². The number of carbonyl (C=O) groups is 3. The van der Waals surface area contributed by atoms with Crippen molar-refractivity contribution >= 4 is 34.8 Å². The lowest BCUT2D eigenvalue weighted by Gasteiger charge is -2.19. The molecule has 9 heteroatoms. The monoisotopic (exact) mass is 450 g/mol. The molecule has 3 amide bonds. The molecule has 0 spiro atoms. The first-order valence-corrected chi connectivity index (χ1v) is 11.1. The van der Waals surface area contributed by atoms with Gasteiger partial charge >= 0.3 is 0 Å². The number of rotatable bonds is 7. The molecule has 1 heterocycles. The zero-order chi connectivity index (χ0) is 23.5. The average molecular weight is 450 g/mol. The van der Waals surface area contributed by atoms with Crippen molar-refractivity contribution in [1.82, 2.24) is 4.90 Å². The SMILES string of the molecule is Cc1cccc(NC(=O)c2cc([N+](=O)[O-])ccc2NCCN2C(=O)[C@@H]3CCCC[C@H]3C2=O)c1. The van der Waals surface area contributed by atoms with Gasteiger partial charge in [0.2, 0.25) is 11.8 Å². The Bertz CT molecular complexity index is 1090. The standard InChI is InChI=1S/C24H26N4O5/c1-15-5-4-6-16(13-15)26-22(29)20-14-17(28(32)33)9-10-21(20)25-11-12-27-23(30)18-7-2-3-8-19(18)24(27)31/h4-6,9-10,13-14,18-19,25H,2-3,7-8,11-12H2,1H3,(H,26,29)/t18-,19-/m1/s1. The van der Waals surface area contributed by atoms with E-state index in [1.165, 1.54) is 23.1 Å². The molecule has 2 aliphatic rings. The summed E-state index contributed by atoms with van der Waals surface area (Å²) in [5.41, 5.74) is 1.84. The molecule has 2 fully saturated rings. The molecule has 9 nitrogen and oxygen atoms in total. The molecule has 0 aromatic heterocycles. The van der Waals surface area contributed by atoms with E-state index >= 15 is 0 Å². The summed E-state index contributed by atoms with van der Waals surface area (Å²) >= 11 is 0. The Kier molecular flexibility index (Phi) is 6.39. The van der Waals surface area contributed by atoms with Crippen LogP contribution >= 0.6 is 0 Å². The highest BCUT2D eigenvalue weighted by molar-refractivity contribution is 6.08. The van der Waals surface area contributed by atoms with E-state index in [1.54, 1.807) is 18.2 Å². The van der Waals surface area contributed by atoms with Gasteiger partial charge in [-0.15, -0.1) is 0 Å². The molecular formula is C24H26N4O5. The number of nitro groups is 1. The molecule has 2 N–H and O–H groups in total. The van der Waals surface area contributed by atoms with Gasteiger partial charge in [0.1, 0.15) is 0 Å². The van der Waals surface area contributed by atoms with Gasteiger partial charge in [-0.2, -0.15) is 0 Å². The van der Waals surface area contributed by atoms with Gasteiger partial charge in [0.15, 0.2) is 0 Å². The summed E-state index contributed by atoms with van der Waals surface area (Å²) in [7, 11) is 0. The van der Waals surface area contributed by atoms with E-state index in [4.69, 9.17) is 0 Å². The summed E-state index contributed by atoms with van der Waals surface area (Å²) in [6.45, 7) is 2.31. The minimum Gasteiger partial charge on any atom is -0.383 e. The quantitative estimate of drug-likeness (QED) is 0.376. The van der Waals surface area contributed by atoms with Gasteiger partial charge in [-0.3, -0.25) is 29.4 Å².